The average Bonchev–Trinajstić information content (AvgIpc) is 2.72. The molecular weight excluding hydrogens is 396 g/mol. The molecule has 0 aromatic heterocycles. The van der Waals surface area contributed by atoms with Gasteiger partial charge in [0.2, 0.25) is 0 Å². The van der Waals surface area contributed by atoms with Gasteiger partial charge < -0.3 is 0 Å². The summed E-state index contributed by atoms with van der Waals surface area (Å²) < 4.78 is 0. The van der Waals surface area contributed by atoms with Crippen molar-refractivity contribution >= 4 is 0 Å². The summed E-state index contributed by atoms with van der Waals surface area (Å²) >= 11 is 0. The monoisotopic (exact) mass is 452 g/mol. The Morgan fingerprint density at radius 1 is 0.788 bits per heavy atom. The molecule has 0 radical (unpaired) electrons. The van der Waals surface area contributed by atoms with E-state index in [1.807, 2.05) is 0 Å². The minimum Gasteiger partial charge on any atom is -0.0999 e. The standard InChI is InChI=1S/C32H52.CH4/c1-26(2)13-8-15-28(5)17-10-18-30(7)23-24-32-22-12-21-31(25-32)20-11-19-29(6)16-9-14-27(3)4;/h13-14,17,19,25,32H,7-12,15-16,18,20-24H2,1-6H3;1H4/b28-17+,29-19+;. The van der Waals surface area contributed by atoms with Crippen LogP contribution in [0.5, 0.6) is 0 Å². The molecule has 1 atom stereocenters. The highest BCUT2D eigenvalue weighted by molar-refractivity contribution is 5.11. The van der Waals surface area contributed by atoms with Crippen LogP contribution in [0.1, 0.15) is 132 Å². The molecule has 0 aliphatic heterocycles. The maximum absolute atomic E-state index is 4.37. The van der Waals surface area contributed by atoms with Crippen molar-refractivity contribution in [3.8, 4) is 0 Å². The van der Waals surface area contributed by atoms with Crippen LogP contribution in [0.2, 0.25) is 0 Å². The first-order valence-corrected chi connectivity index (χ1v) is 13.2. The Balaban J connectivity index is 0.0000102. The van der Waals surface area contributed by atoms with Gasteiger partial charge in [-0.05, 0) is 131 Å². The normalized spacial score (nSPS) is 16.5. The van der Waals surface area contributed by atoms with E-state index in [1.54, 1.807) is 11.1 Å². The molecule has 1 aliphatic rings. The summed E-state index contributed by atoms with van der Waals surface area (Å²) in [4.78, 5) is 0. The van der Waals surface area contributed by atoms with E-state index >= 15 is 0 Å². The minimum absolute atomic E-state index is 0. The van der Waals surface area contributed by atoms with Crippen molar-refractivity contribution in [2.75, 3.05) is 0 Å². The lowest BCUT2D eigenvalue weighted by Gasteiger charge is -2.21. The molecule has 0 amide bonds. The number of hydrogen-bond acceptors (Lipinski definition) is 0. The first-order valence-electron chi connectivity index (χ1n) is 13.2. The van der Waals surface area contributed by atoms with Crippen molar-refractivity contribution in [1.82, 2.24) is 0 Å². The summed E-state index contributed by atoms with van der Waals surface area (Å²) in [5, 5.41) is 0. The molecule has 1 unspecified atom stereocenters. The Bertz CT molecular complexity index is 696. The molecule has 0 saturated heterocycles. The predicted molar refractivity (Wildman–Crippen MR) is 154 cm³/mol. The van der Waals surface area contributed by atoms with Gasteiger partial charge in [-0.25, -0.2) is 0 Å². The van der Waals surface area contributed by atoms with Crippen LogP contribution in [0, 0.1) is 5.92 Å². The van der Waals surface area contributed by atoms with Crippen LogP contribution in [0.25, 0.3) is 0 Å². The summed E-state index contributed by atoms with van der Waals surface area (Å²) in [5.41, 5.74) is 9.07. The molecule has 0 N–H and O–H groups in total. The smallest absolute Gasteiger partial charge is 0.0228 e. The Labute approximate surface area is 208 Å². The largest absolute Gasteiger partial charge is 0.0999 e. The zero-order valence-electron chi connectivity index (χ0n) is 22.4. The Kier molecular flexibility index (Phi) is 17.9. The van der Waals surface area contributed by atoms with Crippen LogP contribution in [0.3, 0.4) is 0 Å². The molecule has 0 saturated carbocycles. The Morgan fingerprint density at radius 2 is 1.33 bits per heavy atom. The van der Waals surface area contributed by atoms with Crippen molar-refractivity contribution in [2.45, 2.75) is 132 Å². The Morgan fingerprint density at radius 3 is 1.91 bits per heavy atom. The van der Waals surface area contributed by atoms with Crippen LogP contribution in [0.4, 0.5) is 0 Å². The number of allylic oxidation sites excluding steroid dienone is 11. The predicted octanol–water partition coefficient (Wildman–Crippen LogP) is 11.6. The first-order chi connectivity index (χ1) is 15.3. The van der Waals surface area contributed by atoms with Crippen molar-refractivity contribution in [3.05, 3.63) is 70.4 Å². The molecule has 0 aromatic rings. The van der Waals surface area contributed by atoms with Crippen molar-refractivity contribution in [2.24, 2.45) is 5.92 Å². The molecular formula is C33H56. The van der Waals surface area contributed by atoms with Gasteiger partial charge in [0.1, 0.15) is 0 Å². The van der Waals surface area contributed by atoms with E-state index in [4.69, 9.17) is 0 Å². The highest BCUT2D eigenvalue weighted by Gasteiger charge is 2.13. The molecule has 0 fully saturated rings. The zero-order chi connectivity index (χ0) is 23.8. The van der Waals surface area contributed by atoms with E-state index in [1.165, 1.54) is 92.9 Å². The van der Waals surface area contributed by atoms with Crippen LogP contribution >= 0.6 is 0 Å². The lowest BCUT2D eigenvalue weighted by molar-refractivity contribution is 0.486. The molecule has 0 heteroatoms. The van der Waals surface area contributed by atoms with Gasteiger partial charge in [-0.1, -0.05) is 77.8 Å². The highest BCUT2D eigenvalue weighted by Crippen LogP contribution is 2.30. The minimum atomic E-state index is 0. The highest BCUT2D eigenvalue weighted by atomic mass is 14.2. The summed E-state index contributed by atoms with van der Waals surface area (Å²) in [7, 11) is 0. The second-order valence-corrected chi connectivity index (χ2v) is 10.6. The van der Waals surface area contributed by atoms with Gasteiger partial charge in [0, 0.05) is 0 Å². The summed E-state index contributed by atoms with van der Waals surface area (Å²) in [6.45, 7) is 17.7. The third-order valence-corrected chi connectivity index (χ3v) is 6.54. The summed E-state index contributed by atoms with van der Waals surface area (Å²) in [6.07, 6.45) is 28.3. The van der Waals surface area contributed by atoms with Crippen molar-refractivity contribution < 1.29 is 0 Å². The molecule has 1 rings (SSSR count). The van der Waals surface area contributed by atoms with Crippen LogP contribution < -0.4 is 0 Å². The maximum Gasteiger partial charge on any atom is -0.0228 e. The third kappa shape index (κ3) is 17.6. The second kappa shape index (κ2) is 18.8. The second-order valence-electron chi connectivity index (χ2n) is 10.6. The van der Waals surface area contributed by atoms with E-state index in [-0.39, 0.29) is 7.43 Å². The first kappa shape index (κ1) is 31.4. The van der Waals surface area contributed by atoms with Crippen molar-refractivity contribution in [3.63, 3.8) is 0 Å². The fourth-order valence-electron chi connectivity index (χ4n) is 4.45. The maximum atomic E-state index is 4.37. The van der Waals surface area contributed by atoms with Crippen LogP contribution in [-0.2, 0) is 0 Å². The van der Waals surface area contributed by atoms with E-state index in [2.05, 4.69) is 78.5 Å². The fraction of sp³-hybridized carbons (Fsp3) is 0.636. The molecule has 33 heavy (non-hydrogen) atoms. The molecule has 0 nitrogen and oxygen atoms in total. The lowest BCUT2D eigenvalue weighted by Crippen LogP contribution is -2.05. The van der Waals surface area contributed by atoms with Gasteiger partial charge in [0.15, 0.2) is 0 Å². The Hall–Kier alpha value is -1.56. The topological polar surface area (TPSA) is 0 Å². The lowest BCUT2D eigenvalue weighted by atomic mass is 9.85. The average molecular weight is 453 g/mol. The zero-order valence-corrected chi connectivity index (χ0v) is 22.4. The SMILES string of the molecule is C.C=C(CC/C=C(\C)CCC=C(C)C)CCC1C=C(CC/C=C(\C)CCC=C(C)C)CCC1. The molecule has 0 spiro atoms. The number of hydrogen-bond donors (Lipinski definition) is 0. The van der Waals surface area contributed by atoms with E-state index in [9.17, 15) is 0 Å². The van der Waals surface area contributed by atoms with Crippen LogP contribution in [0.15, 0.2) is 70.4 Å². The van der Waals surface area contributed by atoms with E-state index in [0.29, 0.717) is 0 Å². The molecule has 188 valence electrons. The summed E-state index contributed by atoms with van der Waals surface area (Å²) in [6, 6.07) is 0. The van der Waals surface area contributed by atoms with E-state index < -0.39 is 0 Å². The van der Waals surface area contributed by atoms with E-state index in [0.717, 1.165) is 18.8 Å². The molecule has 1 aliphatic carbocycles. The molecule has 0 bridgehead atoms. The van der Waals surface area contributed by atoms with Crippen LogP contribution in [-0.4, -0.2) is 0 Å². The molecule has 0 heterocycles. The van der Waals surface area contributed by atoms with Gasteiger partial charge in [-0.15, -0.1) is 0 Å². The van der Waals surface area contributed by atoms with Gasteiger partial charge >= 0.3 is 0 Å². The molecule has 0 aromatic carbocycles. The third-order valence-electron chi connectivity index (χ3n) is 6.54. The van der Waals surface area contributed by atoms with Crippen molar-refractivity contribution in [1.29, 1.82) is 0 Å². The van der Waals surface area contributed by atoms with Gasteiger partial charge in [0.05, 0.1) is 0 Å². The fourth-order valence-corrected chi connectivity index (χ4v) is 4.45. The number of rotatable bonds is 15. The van der Waals surface area contributed by atoms with Gasteiger partial charge in [-0.3, -0.25) is 0 Å². The van der Waals surface area contributed by atoms with Gasteiger partial charge in [-0.2, -0.15) is 0 Å². The van der Waals surface area contributed by atoms with Gasteiger partial charge in [0.25, 0.3) is 0 Å². The summed E-state index contributed by atoms with van der Waals surface area (Å²) in [5.74, 6) is 0.777. The quantitative estimate of drug-likeness (QED) is 0.217.